The van der Waals surface area contributed by atoms with Crippen molar-refractivity contribution in [2.75, 3.05) is 10.6 Å². The number of imide groups is 1. The summed E-state index contributed by atoms with van der Waals surface area (Å²) < 4.78 is 1.18. The van der Waals surface area contributed by atoms with Gasteiger partial charge in [-0.15, -0.1) is 5.10 Å². The highest BCUT2D eigenvalue weighted by atomic mass is 16.2. The predicted molar refractivity (Wildman–Crippen MR) is 72.4 cm³/mol. The van der Waals surface area contributed by atoms with Crippen LogP contribution in [0.3, 0.4) is 0 Å². The number of anilines is 2. The number of rotatable bonds is 2. The average Bonchev–Trinajstić information content (AvgIpc) is 2.90. The highest BCUT2D eigenvalue weighted by Gasteiger charge is 2.34. The van der Waals surface area contributed by atoms with Crippen LogP contribution < -0.4 is 10.6 Å². The molecule has 0 atom stereocenters. The molecule has 3 rings (SSSR count). The number of aryl methyl sites for hydroxylation is 1. The van der Waals surface area contributed by atoms with Crippen LogP contribution in [0.5, 0.6) is 0 Å². The number of nitrogens with two attached hydrogens (primary N) is 1. The molecule has 0 radical (unpaired) electrons. The van der Waals surface area contributed by atoms with E-state index in [4.69, 9.17) is 5.73 Å². The van der Waals surface area contributed by atoms with E-state index in [0.29, 0.717) is 11.5 Å². The van der Waals surface area contributed by atoms with Crippen molar-refractivity contribution >= 4 is 29.1 Å². The van der Waals surface area contributed by atoms with Gasteiger partial charge in [0.05, 0.1) is 5.69 Å². The van der Waals surface area contributed by atoms with E-state index in [1.54, 1.807) is 31.2 Å². The molecule has 2 N–H and O–H groups in total. The van der Waals surface area contributed by atoms with E-state index in [-0.39, 0.29) is 11.6 Å². The lowest BCUT2D eigenvalue weighted by Gasteiger charge is -2.14. The van der Waals surface area contributed by atoms with E-state index < -0.39 is 11.8 Å². The number of para-hydroxylation sites is 1. The molecular weight excluding hydrogens is 258 g/mol. The number of aromatic nitrogens is 3. The van der Waals surface area contributed by atoms with Gasteiger partial charge in [-0.05, 0) is 19.1 Å². The lowest BCUT2D eigenvalue weighted by atomic mass is 10.3. The summed E-state index contributed by atoms with van der Waals surface area (Å²) in [5, 5.41) is 4.02. The lowest BCUT2D eigenvalue weighted by molar-refractivity contribution is -0.119. The van der Waals surface area contributed by atoms with E-state index in [0.717, 1.165) is 4.90 Å². The molecule has 7 heteroatoms. The summed E-state index contributed by atoms with van der Waals surface area (Å²) in [5.41, 5.74) is 6.28. The van der Waals surface area contributed by atoms with Crippen molar-refractivity contribution in [3.8, 4) is 0 Å². The number of amides is 2. The number of nitrogens with zero attached hydrogens (tertiary/aromatic N) is 4. The Labute approximate surface area is 114 Å². The van der Waals surface area contributed by atoms with Crippen molar-refractivity contribution in [2.24, 2.45) is 0 Å². The Morgan fingerprint density at radius 1 is 1.15 bits per heavy atom. The van der Waals surface area contributed by atoms with Crippen molar-refractivity contribution in [3.05, 3.63) is 42.2 Å². The number of hydrogen-bond acceptors (Lipinski definition) is 5. The molecule has 7 nitrogen and oxygen atoms in total. The molecule has 1 aromatic carbocycles. The highest BCUT2D eigenvalue weighted by molar-refractivity contribution is 6.40. The maximum Gasteiger partial charge on any atom is 0.284 e. The standard InChI is InChI=1S/C13H11N5O2/c1-8-15-13(14)18(16-8)10-7-11(19)17(12(10)20)9-5-3-2-4-6-9/h2-7H,1H3,(H2,14,15,16). The summed E-state index contributed by atoms with van der Waals surface area (Å²) in [6, 6.07) is 8.68. The molecule has 2 aromatic rings. The Morgan fingerprint density at radius 3 is 2.45 bits per heavy atom. The lowest BCUT2D eigenvalue weighted by Crippen LogP contribution is -2.31. The topological polar surface area (TPSA) is 94.1 Å². The largest absolute Gasteiger partial charge is 0.368 e. The summed E-state index contributed by atoms with van der Waals surface area (Å²) in [4.78, 5) is 29.4. The number of hydrogen-bond donors (Lipinski definition) is 1. The molecule has 0 unspecified atom stereocenters. The monoisotopic (exact) mass is 269 g/mol. The van der Waals surface area contributed by atoms with Gasteiger partial charge in [-0.3, -0.25) is 9.59 Å². The fraction of sp³-hybridized carbons (Fsp3) is 0.0769. The molecule has 0 saturated heterocycles. The Balaban J connectivity index is 2.02. The molecule has 1 aliphatic heterocycles. The van der Waals surface area contributed by atoms with Gasteiger partial charge in [0.2, 0.25) is 5.95 Å². The number of benzene rings is 1. The number of carbonyl (C=O) groups is 2. The van der Waals surface area contributed by atoms with Crippen LogP contribution in [0.2, 0.25) is 0 Å². The third-order valence-corrected chi connectivity index (χ3v) is 2.88. The zero-order chi connectivity index (χ0) is 14.3. The molecule has 0 bridgehead atoms. The minimum Gasteiger partial charge on any atom is -0.368 e. The fourth-order valence-corrected chi connectivity index (χ4v) is 2.04. The first kappa shape index (κ1) is 12.1. The summed E-state index contributed by atoms with van der Waals surface area (Å²) in [5.74, 6) is -0.395. The first-order valence-electron chi connectivity index (χ1n) is 5.92. The van der Waals surface area contributed by atoms with Gasteiger partial charge < -0.3 is 5.73 Å². The van der Waals surface area contributed by atoms with Crippen molar-refractivity contribution in [2.45, 2.75) is 6.92 Å². The van der Waals surface area contributed by atoms with Crippen LogP contribution in [0.25, 0.3) is 5.70 Å². The van der Waals surface area contributed by atoms with Crippen molar-refractivity contribution in [1.29, 1.82) is 0 Å². The molecule has 100 valence electrons. The van der Waals surface area contributed by atoms with E-state index in [2.05, 4.69) is 10.1 Å². The van der Waals surface area contributed by atoms with Crippen LogP contribution in [-0.4, -0.2) is 26.6 Å². The Morgan fingerprint density at radius 2 is 1.85 bits per heavy atom. The van der Waals surface area contributed by atoms with Gasteiger partial charge in [0.25, 0.3) is 11.8 Å². The van der Waals surface area contributed by atoms with E-state index in [9.17, 15) is 9.59 Å². The van der Waals surface area contributed by atoms with Crippen molar-refractivity contribution in [3.63, 3.8) is 0 Å². The van der Waals surface area contributed by atoms with Gasteiger partial charge in [0, 0.05) is 6.08 Å². The maximum atomic E-state index is 12.4. The van der Waals surface area contributed by atoms with E-state index in [1.165, 1.54) is 10.8 Å². The first-order valence-corrected chi connectivity index (χ1v) is 5.92. The van der Waals surface area contributed by atoms with Crippen LogP contribution in [0, 0.1) is 6.92 Å². The van der Waals surface area contributed by atoms with Crippen LogP contribution in [0.1, 0.15) is 5.82 Å². The first-order chi connectivity index (χ1) is 9.58. The van der Waals surface area contributed by atoms with Gasteiger partial charge in [0.15, 0.2) is 0 Å². The molecule has 20 heavy (non-hydrogen) atoms. The van der Waals surface area contributed by atoms with Crippen LogP contribution in [0.15, 0.2) is 36.4 Å². The molecule has 1 aromatic heterocycles. The van der Waals surface area contributed by atoms with Gasteiger partial charge in [-0.1, -0.05) is 18.2 Å². The van der Waals surface area contributed by atoms with Gasteiger partial charge >= 0.3 is 0 Å². The Kier molecular flexibility index (Phi) is 2.60. The van der Waals surface area contributed by atoms with Gasteiger partial charge in [-0.25, -0.2) is 4.90 Å². The second-order valence-electron chi connectivity index (χ2n) is 4.27. The van der Waals surface area contributed by atoms with Gasteiger partial charge in [-0.2, -0.15) is 9.67 Å². The van der Waals surface area contributed by atoms with Crippen LogP contribution in [0.4, 0.5) is 11.6 Å². The average molecular weight is 269 g/mol. The summed E-state index contributed by atoms with van der Waals surface area (Å²) in [7, 11) is 0. The van der Waals surface area contributed by atoms with Crippen molar-refractivity contribution in [1.82, 2.24) is 14.8 Å². The molecular formula is C13H11N5O2. The zero-order valence-electron chi connectivity index (χ0n) is 10.6. The van der Waals surface area contributed by atoms with E-state index >= 15 is 0 Å². The maximum absolute atomic E-state index is 12.4. The summed E-state index contributed by atoms with van der Waals surface area (Å²) in [6.45, 7) is 1.66. The Bertz CT molecular complexity index is 732. The fourth-order valence-electron chi connectivity index (χ4n) is 2.04. The highest BCUT2D eigenvalue weighted by Crippen LogP contribution is 2.25. The molecule has 1 aliphatic rings. The molecule has 2 amide bonds. The molecule has 0 aliphatic carbocycles. The predicted octanol–water partition coefficient (Wildman–Crippen LogP) is 0.583. The Hall–Kier alpha value is -2.96. The third kappa shape index (κ3) is 1.76. The second kappa shape index (κ2) is 4.30. The minimum atomic E-state index is -0.474. The summed E-state index contributed by atoms with van der Waals surface area (Å²) in [6.07, 6.45) is 1.21. The molecule has 0 spiro atoms. The number of nitrogen functional groups attached to an aromatic ring is 1. The van der Waals surface area contributed by atoms with Gasteiger partial charge in [0.1, 0.15) is 11.5 Å². The SMILES string of the molecule is Cc1nc(N)n(C2=CC(=O)N(c3ccccc3)C2=O)n1. The second-order valence-corrected chi connectivity index (χ2v) is 4.27. The van der Waals surface area contributed by atoms with Crippen LogP contribution >= 0.6 is 0 Å². The smallest absolute Gasteiger partial charge is 0.284 e. The van der Waals surface area contributed by atoms with E-state index in [1.807, 2.05) is 6.07 Å². The third-order valence-electron chi connectivity index (χ3n) is 2.88. The molecule has 0 saturated carbocycles. The quantitative estimate of drug-likeness (QED) is 0.805. The molecule has 0 fully saturated rings. The minimum absolute atomic E-state index is 0.0739. The summed E-state index contributed by atoms with van der Waals surface area (Å²) >= 11 is 0. The molecule has 2 heterocycles. The normalized spacial score (nSPS) is 14.8. The van der Waals surface area contributed by atoms with Crippen LogP contribution in [-0.2, 0) is 9.59 Å². The van der Waals surface area contributed by atoms with Crippen molar-refractivity contribution < 1.29 is 9.59 Å². The number of carbonyl (C=O) groups excluding carboxylic acids is 2. The zero-order valence-corrected chi connectivity index (χ0v) is 10.6.